The topological polar surface area (TPSA) is 36.4 Å². The summed E-state index contributed by atoms with van der Waals surface area (Å²) in [6, 6.07) is 0. The molecule has 2 unspecified atom stereocenters. The Hall–Kier alpha value is -0.450. The van der Waals surface area contributed by atoms with Crippen LogP contribution < -0.4 is 0 Å². The summed E-state index contributed by atoms with van der Waals surface area (Å²) in [6.45, 7) is 8.48. The van der Waals surface area contributed by atoms with Crippen LogP contribution in [0, 0.1) is 5.92 Å². The number of thiazole rings is 1. The van der Waals surface area contributed by atoms with Gasteiger partial charge in [-0.2, -0.15) is 0 Å². The van der Waals surface area contributed by atoms with Gasteiger partial charge in [-0.1, -0.05) is 33.6 Å². The molecule has 114 valence electrons. The molecule has 4 heteroatoms. The molecular weight excluding hydrogens is 268 g/mol. The summed E-state index contributed by atoms with van der Waals surface area (Å²) in [6.07, 6.45) is 4.48. The minimum Gasteiger partial charge on any atom is -0.393 e. The predicted octanol–water partition coefficient (Wildman–Crippen LogP) is 3.42. The zero-order chi connectivity index (χ0) is 14.8. The van der Waals surface area contributed by atoms with E-state index in [0.29, 0.717) is 5.92 Å². The van der Waals surface area contributed by atoms with Gasteiger partial charge in [-0.3, -0.25) is 4.90 Å². The van der Waals surface area contributed by atoms with Crippen LogP contribution in [-0.2, 0) is 12.0 Å². The van der Waals surface area contributed by atoms with Crippen LogP contribution in [0.25, 0.3) is 0 Å². The Morgan fingerprint density at radius 1 is 1.35 bits per heavy atom. The molecule has 1 saturated carbocycles. The third kappa shape index (κ3) is 4.27. The molecule has 1 aromatic heterocycles. The first kappa shape index (κ1) is 15.9. The number of hydrogen-bond donors (Lipinski definition) is 1. The molecule has 1 aromatic rings. The molecular formula is C16H28N2OS. The first-order chi connectivity index (χ1) is 9.36. The number of aromatic nitrogens is 1. The number of hydrogen-bond acceptors (Lipinski definition) is 4. The summed E-state index contributed by atoms with van der Waals surface area (Å²) in [5.41, 5.74) is 1.32. The minimum atomic E-state index is -0.104. The maximum Gasteiger partial charge on any atom is 0.107 e. The van der Waals surface area contributed by atoms with E-state index in [9.17, 15) is 5.11 Å². The van der Waals surface area contributed by atoms with Crippen LogP contribution in [0.4, 0.5) is 0 Å². The maximum absolute atomic E-state index is 10.1. The standard InChI is InChI=1S/C16H28N2OS/c1-16(2,3)14-11-20-15(17-14)10-18(4)9-12-7-5-6-8-13(12)19/h11-13,19H,5-10H2,1-4H3. The van der Waals surface area contributed by atoms with Crippen molar-refractivity contribution in [2.45, 2.75) is 64.5 Å². The van der Waals surface area contributed by atoms with Gasteiger partial charge >= 0.3 is 0 Å². The van der Waals surface area contributed by atoms with E-state index in [2.05, 4.69) is 38.1 Å². The normalized spacial score (nSPS) is 24.3. The number of aliphatic hydroxyl groups excluding tert-OH is 1. The second-order valence-electron chi connectivity index (χ2n) is 7.19. The number of aliphatic hydroxyl groups is 1. The molecule has 0 radical (unpaired) electrons. The molecule has 2 atom stereocenters. The predicted molar refractivity (Wildman–Crippen MR) is 85.1 cm³/mol. The quantitative estimate of drug-likeness (QED) is 0.925. The smallest absolute Gasteiger partial charge is 0.107 e. The van der Waals surface area contributed by atoms with Gasteiger partial charge in [0.25, 0.3) is 0 Å². The van der Waals surface area contributed by atoms with Gasteiger partial charge in [0.15, 0.2) is 0 Å². The van der Waals surface area contributed by atoms with Crippen molar-refractivity contribution in [1.82, 2.24) is 9.88 Å². The third-order valence-electron chi connectivity index (χ3n) is 4.14. The highest BCUT2D eigenvalue weighted by atomic mass is 32.1. The van der Waals surface area contributed by atoms with Gasteiger partial charge in [0.2, 0.25) is 0 Å². The van der Waals surface area contributed by atoms with Crippen LogP contribution in [0.1, 0.15) is 57.2 Å². The summed E-state index contributed by atoms with van der Waals surface area (Å²) in [5, 5.41) is 13.4. The van der Waals surface area contributed by atoms with Gasteiger partial charge in [-0.15, -0.1) is 11.3 Å². The largest absolute Gasteiger partial charge is 0.393 e. The van der Waals surface area contributed by atoms with Crippen LogP contribution in [0.5, 0.6) is 0 Å². The average Bonchev–Trinajstić information content (AvgIpc) is 2.80. The van der Waals surface area contributed by atoms with Crippen molar-refractivity contribution < 1.29 is 5.11 Å². The van der Waals surface area contributed by atoms with Crippen LogP contribution >= 0.6 is 11.3 Å². The van der Waals surface area contributed by atoms with Crippen molar-refractivity contribution in [1.29, 1.82) is 0 Å². The van der Waals surface area contributed by atoms with E-state index in [1.54, 1.807) is 11.3 Å². The summed E-state index contributed by atoms with van der Waals surface area (Å²) < 4.78 is 0. The van der Waals surface area contributed by atoms with Crippen molar-refractivity contribution in [2.75, 3.05) is 13.6 Å². The first-order valence-electron chi connectivity index (χ1n) is 7.68. The second kappa shape index (κ2) is 6.54. The molecule has 1 heterocycles. The highest BCUT2D eigenvalue weighted by Crippen LogP contribution is 2.27. The summed E-state index contributed by atoms with van der Waals surface area (Å²) in [5.74, 6) is 0.441. The van der Waals surface area contributed by atoms with Gasteiger partial charge in [0, 0.05) is 17.3 Å². The van der Waals surface area contributed by atoms with Crippen molar-refractivity contribution >= 4 is 11.3 Å². The van der Waals surface area contributed by atoms with Gasteiger partial charge in [-0.05, 0) is 25.8 Å². The van der Waals surface area contributed by atoms with Crippen LogP contribution in [0.15, 0.2) is 5.38 Å². The average molecular weight is 296 g/mol. The molecule has 3 nitrogen and oxygen atoms in total. The highest BCUT2D eigenvalue weighted by Gasteiger charge is 2.24. The lowest BCUT2D eigenvalue weighted by Crippen LogP contribution is -2.34. The van der Waals surface area contributed by atoms with Crippen molar-refractivity contribution in [3.05, 3.63) is 16.1 Å². The molecule has 0 spiro atoms. The zero-order valence-corrected chi connectivity index (χ0v) is 14.0. The van der Waals surface area contributed by atoms with Gasteiger partial charge in [0.1, 0.15) is 5.01 Å². The molecule has 20 heavy (non-hydrogen) atoms. The fraction of sp³-hybridized carbons (Fsp3) is 0.812. The summed E-state index contributed by atoms with van der Waals surface area (Å²) in [7, 11) is 2.14. The Morgan fingerprint density at radius 3 is 2.65 bits per heavy atom. The van der Waals surface area contributed by atoms with Crippen LogP contribution in [0.3, 0.4) is 0 Å². The minimum absolute atomic E-state index is 0.104. The molecule has 0 amide bonds. The fourth-order valence-electron chi connectivity index (χ4n) is 2.82. The van der Waals surface area contributed by atoms with Gasteiger partial charge in [-0.25, -0.2) is 4.98 Å². The van der Waals surface area contributed by atoms with E-state index in [0.717, 1.165) is 25.9 Å². The molecule has 1 fully saturated rings. The monoisotopic (exact) mass is 296 g/mol. The lowest BCUT2D eigenvalue weighted by atomic mass is 9.86. The molecule has 0 saturated heterocycles. The first-order valence-corrected chi connectivity index (χ1v) is 8.55. The van der Waals surface area contributed by atoms with E-state index in [-0.39, 0.29) is 11.5 Å². The molecule has 0 bridgehead atoms. The Balaban J connectivity index is 1.88. The van der Waals surface area contributed by atoms with Crippen molar-refractivity contribution in [3.63, 3.8) is 0 Å². The molecule has 0 aliphatic heterocycles. The SMILES string of the molecule is CN(Cc1nc(C(C)(C)C)cs1)CC1CCCCC1O. The van der Waals surface area contributed by atoms with E-state index >= 15 is 0 Å². The second-order valence-corrected chi connectivity index (χ2v) is 8.13. The molecule has 1 N–H and O–H groups in total. The van der Waals surface area contributed by atoms with E-state index in [1.165, 1.54) is 23.5 Å². The van der Waals surface area contributed by atoms with Crippen LogP contribution in [-0.4, -0.2) is 34.7 Å². The van der Waals surface area contributed by atoms with E-state index in [1.807, 2.05) is 0 Å². The van der Waals surface area contributed by atoms with Gasteiger partial charge in [0.05, 0.1) is 18.3 Å². The molecule has 0 aromatic carbocycles. The van der Waals surface area contributed by atoms with Crippen LogP contribution in [0.2, 0.25) is 0 Å². The Kier molecular flexibility index (Phi) is 5.21. The molecule has 1 aliphatic carbocycles. The lowest BCUT2D eigenvalue weighted by molar-refractivity contribution is 0.0501. The van der Waals surface area contributed by atoms with Crippen molar-refractivity contribution in [2.24, 2.45) is 5.92 Å². The lowest BCUT2D eigenvalue weighted by Gasteiger charge is -2.30. The van der Waals surface area contributed by atoms with Crippen molar-refractivity contribution in [3.8, 4) is 0 Å². The van der Waals surface area contributed by atoms with Gasteiger partial charge < -0.3 is 5.11 Å². The third-order valence-corrected chi connectivity index (χ3v) is 4.97. The Labute approximate surface area is 127 Å². The summed E-state index contributed by atoms with van der Waals surface area (Å²) in [4.78, 5) is 7.06. The zero-order valence-electron chi connectivity index (χ0n) is 13.2. The van der Waals surface area contributed by atoms with E-state index < -0.39 is 0 Å². The molecule has 2 rings (SSSR count). The fourth-order valence-corrected chi connectivity index (χ4v) is 3.92. The maximum atomic E-state index is 10.1. The highest BCUT2D eigenvalue weighted by molar-refractivity contribution is 7.09. The summed E-state index contributed by atoms with van der Waals surface area (Å²) >= 11 is 1.75. The number of rotatable bonds is 4. The molecule has 1 aliphatic rings. The Bertz CT molecular complexity index is 424. The van der Waals surface area contributed by atoms with E-state index in [4.69, 9.17) is 4.98 Å². The Morgan fingerprint density at radius 2 is 2.05 bits per heavy atom. The number of nitrogens with zero attached hydrogens (tertiary/aromatic N) is 2.